The molecule has 1 aromatic carbocycles. The minimum absolute atomic E-state index is 0.153. The number of hydrogen-bond donors (Lipinski definition) is 2. The first-order valence-corrected chi connectivity index (χ1v) is 7.06. The fourth-order valence-electron chi connectivity index (χ4n) is 2.57. The molecule has 1 amide bonds. The lowest BCUT2D eigenvalue weighted by molar-refractivity contribution is -0.120. The lowest BCUT2D eigenvalue weighted by Gasteiger charge is -2.27. The average molecular weight is 261 g/mol. The molecule has 2 rings (SSSR count). The van der Waals surface area contributed by atoms with E-state index < -0.39 is 0 Å². The van der Waals surface area contributed by atoms with Crippen LogP contribution in [0.2, 0.25) is 0 Å². The molecule has 0 saturated carbocycles. The molecule has 1 heterocycles. The maximum Gasteiger partial charge on any atom is 0.221 e. The number of hydrogen-bond acceptors (Lipinski definition) is 3. The van der Waals surface area contributed by atoms with Crippen molar-refractivity contribution in [2.24, 2.45) is 0 Å². The summed E-state index contributed by atoms with van der Waals surface area (Å²) in [5.41, 5.74) is 2.55. The normalized spacial score (nSPS) is 17.8. The fraction of sp³-hybridized carbons (Fsp3) is 0.533. The van der Waals surface area contributed by atoms with Crippen molar-refractivity contribution in [2.45, 2.75) is 26.3 Å². The first-order chi connectivity index (χ1) is 9.22. The van der Waals surface area contributed by atoms with Gasteiger partial charge in [0.1, 0.15) is 0 Å². The second-order valence-electron chi connectivity index (χ2n) is 4.93. The topological polar surface area (TPSA) is 44.4 Å². The van der Waals surface area contributed by atoms with Crippen molar-refractivity contribution < 1.29 is 4.79 Å². The van der Waals surface area contributed by atoms with Gasteiger partial charge < -0.3 is 15.5 Å². The average Bonchev–Trinajstić information content (AvgIpc) is 2.64. The molecule has 0 aromatic heterocycles. The van der Waals surface area contributed by atoms with E-state index in [4.69, 9.17) is 0 Å². The van der Waals surface area contributed by atoms with Gasteiger partial charge in [0.05, 0.1) is 0 Å². The van der Waals surface area contributed by atoms with Crippen molar-refractivity contribution >= 4 is 11.6 Å². The summed E-state index contributed by atoms with van der Waals surface area (Å²) >= 11 is 0. The first kappa shape index (κ1) is 13.9. The van der Waals surface area contributed by atoms with Gasteiger partial charge in [0.2, 0.25) is 5.91 Å². The first-order valence-electron chi connectivity index (χ1n) is 7.06. The van der Waals surface area contributed by atoms with Crippen molar-refractivity contribution in [1.29, 1.82) is 0 Å². The maximum absolute atomic E-state index is 11.4. The molecule has 1 atom stereocenters. The smallest absolute Gasteiger partial charge is 0.221 e. The molecule has 1 aliphatic rings. The van der Waals surface area contributed by atoms with Gasteiger partial charge in [-0.3, -0.25) is 4.79 Å². The Bertz CT molecular complexity index is 433. The Morgan fingerprint density at radius 3 is 2.95 bits per heavy atom. The van der Waals surface area contributed by atoms with Crippen molar-refractivity contribution in [1.82, 2.24) is 10.6 Å². The van der Waals surface area contributed by atoms with Crippen LogP contribution in [-0.2, 0) is 4.79 Å². The Hall–Kier alpha value is -1.55. The van der Waals surface area contributed by atoms with Crippen LogP contribution in [0.15, 0.2) is 24.3 Å². The highest BCUT2D eigenvalue weighted by atomic mass is 16.1. The number of nitrogens with zero attached hydrogens (tertiary/aromatic N) is 1. The van der Waals surface area contributed by atoms with Crippen LogP contribution < -0.4 is 15.5 Å². The van der Waals surface area contributed by atoms with Gasteiger partial charge in [-0.2, -0.15) is 0 Å². The van der Waals surface area contributed by atoms with Crippen LogP contribution in [0.4, 0.5) is 5.69 Å². The Morgan fingerprint density at radius 1 is 1.37 bits per heavy atom. The second kappa shape index (κ2) is 6.57. The third-order valence-electron chi connectivity index (χ3n) is 3.57. The molecular weight excluding hydrogens is 238 g/mol. The molecule has 104 valence electrons. The summed E-state index contributed by atoms with van der Waals surface area (Å²) in [5.74, 6) is 0.153. The van der Waals surface area contributed by atoms with Crippen molar-refractivity contribution in [3.8, 4) is 0 Å². The number of carbonyl (C=O) groups excluding carboxylic acids is 1. The van der Waals surface area contributed by atoms with Crippen LogP contribution in [0, 0.1) is 0 Å². The van der Waals surface area contributed by atoms with Gasteiger partial charge in [-0.1, -0.05) is 25.1 Å². The van der Waals surface area contributed by atoms with Gasteiger partial charge in [0.25, 0.3) is 0 Å². The van der Waals surface area contributed by atoms with Gasteiger partial charge in [-0.05, 0) is 25.1 Å². The van der Waals surface area contributed by atoms with Gasteiger partial charge in [0.15, 0.2) is 0 Å². The van der Waals surface area contributed by atoms with Crippen LogP contribution in [0.25, 0.3) is 0 Å². The molecule has 0 radical (unpaired) electrons. The Kier molecular flexibility index (Phi) is 4.80. The zero-order valence-electron chi connectivity index (χ0n) is 11.8. The van der Waals surface area contributed by atoms with Crippen molar-refractivity contribution in [3.05, 3.63) is 29.8 Å². The number of anilines is 1. The van der Waals surface area contributed by atoms with Crippen LogP contribution >= 0.6 is 0 Å². The minimum Gasteiger partial charge on any atom is -0.369 e. The van der Waals surface area contributed by atoms with E-state index >= 15 is 0 Å². The Morgan fingerprint density at radius 2 is 2.16 bits per heavy atom. The molecule has 2 N–H and O–H groups in total. The third-order valence-corrected chi connectivity index (χ3v) is 3.57. The number of para-hydroxylation sites is 1. The summed E-state index contributed by atoms with van der Waals surface area (Å²) < 4.78 is 0. The SMILES string of the molecule is CCNC(C)c1ccccc1N1CCNC(=O)CC1. The van der Waals surface area contributed by atoms with Gasteiger partial charge in [-0.25, -0.2) is 0 Å². The summed E-state index contributed by atoms with van der Waals surface area (Å²) in [4.78, 5) is 13.7. The summed E-state index contributed by atoms with van der Waals surface area (Å²) in [7, 11) is 0. The number of nitrogens with one attached hydrogen (secondary N) is 2. The number of rotatable bonds is 4. The highest BCUT2D eigenvalue weighted by Gasteiger charge is 2.18. The van der Waals surface area contributed by atoms with Crippen LogP contribution in [0.5, 0.6) is 0 Å². The molecular formula is C15H23N3O. The van der Waals surface area contributed by atoms with Crippen molar-refractivity contribution in [2.75, 3.05) is 31.1 Å². The lowest BCUT2D eigenvalue weighted by Crippen LogP contribution is -2.30. The molecule has 0 spiro atoms. The number of amides is 1. The molecule has 19 heavy (non-hydrogen) atoms. The highest BCUT2D eigenvalue weighted by molar-refractivity contribution is 5.77. The third kappa shape index (κ3) is 3.47. The lowest BCUT2D eigenvalue weighted by atomic mass is 10.0. The molecule has 1 unspecified atom stereocenters. The van der Waals surface area contributed by atoms with E-state index in [1.165, 1.54) is 11.3 Å². The van der Waals surface area contributed by atoms with Gasteiger partial charge in [-0.15, -0.1) is 0 Å². The zero-order chi connectivity index (χ0) is 13.7. The number of benzene rings is 1. The Balaban J connectivity index is 2.20. The van der Waals surface area contributed by atoms with E-state index in [0.29, 0.717) is 12.5 Å². The zero-order valence-corrected chi connectivity index (χ0v) is 11.8. The van der Waals surface area contributed by atoms with E-state index in [1.807, 2.05) is 0 Å². The molecule has 1 aromatic rings. The minimum atomic E-state index is 0.153. The molecule has 4 heteroatoms. The van der Waals surface area contributed by atoms with E-state index in [0.717, 1.165) is 26.2 Å². The summed E-state index contributed by atoms with van der Waals surface area (Å²) in [6, 6.07) is 8.79. The number of carbonyl (C=O) groups is 1. The molecule has 4 nitrogen and oxygen atoms in total. The summed E-state index contributed by atoms with van der Waals surface area (Å²) in [5, 5.41) is 6.38. The molecule has 1 fully saturated rings. The maximum atomic E-state index is 11.4. The standard InChI is InChI=1S/C15H23N3O/c1-3-16-12(2)13-6-4-5-7-14(13)18-10-8-15(19)17-9-11-18/h4-7,12,16H,3,8-11H2,1-2H3,(H,17,19). The van der Waals surface area contributed by atoms with Gasteiger partial charge >= 0.3 is 0 Å². The largest absolute Gasteiger partial charge is 0.369 e. The highest BCUT2D eigenvalue weighted by Crippen LogP contribution is 2.26. The van der Waals surface area contributed by atoms with Crippen LogP contribution in [0.3, 0.4) is 0 Å². The van der Waals surface area contributed by atoms with Gasteiger partial charge in [0, 0.05) is 37.8 Å². The van der Waals surface area contributed by atoms with Crippen molar-refractivity contribution in [3.63, 3.8) is 0 Å². The van der Waals surface area contributed by atoms with Crippen LogP contribution in [0.1, 0.15) is 31.9 Å². The summed E-state index contributed by atoms with van der Waals surface area (Å²) in [6.07, 6.45) is 0.573. The van der Waals surface area contributed by atoms with E-state index in [9.17, 15) is 4.79 Å². The van der Waals surface area contributed by atoms with E-state index in [1.54, 1.807) is 0 Å². The predicted molar refractivity (Wildman–Crippen MR) is 78.4 cm³/mol. The quantitative estimate of drug-likeness (QED) is 0.867. The molecule has 1 saturated heterocycles. The van der Waals surface area contributed by atoms with E-state index in [2.05, 4.69) is 53.6 Å². The monoisotopic (exact) mass is 261 g/mol. The van der Waals surface area contributed by atoms with E-state index in [-0.39, 0.29) is 5.91 Å². The summed E-state index contributed by atoms with van der Waals surface area (Å²) in [6.45, 7) is 7.65. The van der Waals surface area contributed by atoms with Crippen LogP contribution in [-0.4, -0.2) is 32.1 Å². The second-order valence-corrected chi connectivity index (χ2v) is 4.93. The Labute approximate surface area is 115 Å². The fourth-order valence-corrected chi connectivity index (χ4v) is 2.57. The molecule has 0 bridgehead atoms. The molecule has 1 aliphatic heterocycles. The molecule has 0 aliphatic carbocycles. The predicted octanol–water partition coefficient (Wildman–Crippen LogP) is 1.68.